The second-order valence-corrected chi connectivity index (χ2v) is 5.90. The van der Waals surface area contributed by atoms with Gasteiger partial charge in [-0.05, 0) is 35.4 Å². The molecule has 130 valence electrons. The van der Waals surface area contributed by atoms with Gasteiger partial charge in [0.2, 0.25) is 5.88 Å². The number of nitrogens with one attached hydrogen (secondary N) is 1. The molecule has 0 radical (unpaired) electrons. The molecule has 0 aliphatic rings. The van der Waals surface area contributed by atoms with Crippen LogP contribution >= 0.6 is 0 Å². The Morgan fingerprint density at radius 2 is 1.81 bits per heavy atom. The Bertz CT molecular complexity index is 1090. The number of anilines is 1. The fraction of sp³-hybridized carbons (Fsp3) is 0.100. The van der Waals surface area contributed by atoms with Crippen molar-refractivity contribution in [2.75, 3.05) is 20.0 Å². The van der Waals surface area contributed by atoms with Crippen LogP contribution < -0.4 is 15.2 Å². The number of hydrogen-bond acceptors (Lipinski definition) is 5. The Hall–Kier alpha value is -3.54. The standard InChI is InChI=1S/C20H18N4O2/c1-25-16-6-13(5-15(21)9-16)14-7-17-18(11-24-20(17)23-10-14)12-3-4-22-19(8-12)26-2/h3-11H,21H2,1-2H3,(H,23,24). The van der Waals surface area contributed by atoms with Gasteiger partial charge in [0.05, 0.1) is 14.2 Å². The lowest BCUT2D eigenvalue weighted by atomic mass is 10.0. The van der Waals surface area contributed by atoms with E-state index in [2.05, 4.69) is 21.0 Å². The zero-order chi connectivity index (χ0) is 18.1. The van der Waals surface area contributed by atoms with E-state index in [1.165, 1.54) is 0 Å². The minimum atomic E-state index is 0.571. The van der Waals surface area contributed by atoms with Gasteiger partial charge in [0, 0.05) is 52.9 Å². The molecular weight excluding hydrogens is 328 g/mol. The zero-order valence-electron chi connectivity index (χ0n) is 14.5. The third-order valence-electron chi connectivity index (χ3n) is 4.28. The van der Waals surface area contributed by atoms with E-state index in [1.54, 1.807) is 26.5 Å². The summed E-state index contributed by atoms with van der Waals surface area (Å²) in [7, 11) is 3.23. The summed E-state index contributed by atoms with van der Waals surface area (Å²) in [5.74, 6) is 1.29. The first kappa shape index (κ1) is 16.0. The van der Waals surface area contributed by atoms with Gasteiger partial charge >= 0.3 is 0 Å². The summed E-state index contributed by atoms with van der Waals surface area (Å²) in [6.07, 6.45) is 5.49. The quantitative estimate of drug-likeness (QED) is 0.548. The van der Waals surface area contributed by atoms with Gasteiger partial charge in [0.1, 0.15) is 11.4 Å². The highest BCUT2D eigenvalue weighted by molar-refractivity contribution is 5.96. The van der Waals surface area contributed by atoms with Crippen LogP contribution in [0.25, 0.3) is 33.3 Å². The molecule has 0 amide bonds. The van der Waals surface area contributed by atoms with E-state index in [1.807, 2.05) is 36.7 Å². The Kier molecular flexibility index (Phi) is 3.93. The van der Waals surface area contributed by atoms with E-state index in [0.717, 1.165) is 33.3 Å². The average Bonchev–Trinajstić information content (AvgIpc) is 3.10. The third-order valence-corrected chi connectivity index (χ3v) is 4.28. The van der Waals surface area contributed by atoms with Crippen molar-refractivity contribution in [2.45, 2.75) is 0 Å². The van der Waals surface area contributed by atoms with Gasteiger partial charge in [0.15, 0.2) is 0 Å². The highest BCUT2D eigenvalue weighted by Gasteiger charge is 2.11. The summed E-state index contributed by atoms with van der Waals surface area (Å²) in [5.41, 5.74) is 11.4. The van der Waals surface area contributed by atoms with Crippen LogP contribution in [0.5, 0.6) is 11.6 Å². The first-order chi connectivity index (χ1) is 12.7. The second-order valence-electron chi connectivity index (χ2n) is 5.90. The normalized spacial score (nSPS) is 10.8. The molecule has 0 aliphatic carbocycles. The van der Waals surface area contributed by atoms with Gasteiger partial charge in [-0.3, -0.25) is 0 Å². The Morgan fingerprint density at radius 3 is 2.62 bits per heavy atom. The molecule has 3 N–H and O–H groups in total. The number of nitrogens with zero attached hydrogens (tertiary/aromatic N) is 2. The van der Waals surface area contributed by atoms with Gasteiger partial charge in [-0.2, -0.15) is 0 Å². The SMILES string of the molecule is COc1cc(N)cc(-c2cnc3[nH]cc(-c4ccnc(OC)c4)c3c2)c1. The molecule has 6 heteroatoms. The summed E-state index contributed by atoms with van der Waals surface area (Å²) in [5, 5.41) is 1.01. The van der Waals surface area contributed by atoms with Crippen molar-refractivity contribution >= 4 is 16.7 Å². The first-order valence-electron chi connectivity index (χ1n) is 8.10. The number of rotatable bonds is 4. The van der Waals surface area contributed by atoms with Crippen molar-refractivity contribution < 1.29 is 9.47 Å². The molecule has 0 atom stereocenters. The molecule has 0 spiro atoms. The maximum Gasteiger partial charge on any atom is 0.213 e. The smallest absolute Gasteiger partial charge is 0.213 e. The van der Waals surface area contributed by atoms with Crippen molar-refractivity contribution in [1.82, 2.24) is 15.0 Å². The molecule has 1 aromatic carbocycles. The third kappa shape index (κ3) is 2.82. The molecule has 0 unspecified atom stereocenters. The van der Waals surface area contributed by atoms with E-state index in [4.69, 9.17) is 15.2 Å². The molecule has 0 fully saturated rings. The van der Waals surface area contributed by atoms with Crippen molar-refractivity contribution in [3.63, 3.8) is 0 Å². The average molecular weight is 346 g/mol. The number of ether oxygens (including phenoxy) is 2. The number of aromatic amines is 1. The summed E-state index contributed by atoms with van der Waals surface area (Å²) in [6.45, 7) is 0. The molecule has 6 nitrogen and oxygen atoms in total. The lowest BCUT2D eigenvalue weighted by molar-refractivity contribution is 0.398. The van der Waals surface area contributed by atoms with Gasteiger partial charge < -0.3 is 20.2 Å². The summed E-state index contributed by atoms with van der Waals surface area (Å²) in [4.78, 5) is 11.9. The maximum atomic E-state index is 5.99. The van der Waals surface area contributed by atoms with Crippen LogP contribution in [0.1, 0.15) is 0 Å². The molecule has 3 heterocycles. The van der Waals surface area contributed by atoms with Crippen LogP contribution in [0.15, 0.2) is 55.0 Å². The zero-order valence-corrected chi connectivity index (χ0v) is 14.5. The molecule has 0 aliphatic heterocycles. The summed E-state index contributed by atoms with van der Waals surface area (Å²) < 4.78 is 10.6. The molecule has 4 aromatic rings. The van der Waals surface area contributed by atoms with E-state index in [-0.39, 0.29) is 0 Å². The number of hydrogen-bond donors (Lipinski definition) is 2. The molecule has 0 bridgehead atoms. The number of nitrogens with two attached hydrogens (primary N) is 1. The summed E-state index contributed by atoms with van der Waals surface area (Å²) >= 11 is 0. The Morgan fingerprint density at radius 1 is 0.923 bits per heavy atom. The highest BCUT2D eigenvalue weighted by atomic mass is 16.5. The number of benzene rings is 1. The van der Waals surface area contributed by atoms with Crippen LogP contribution in [0.2, 0.25) is 0 Å². The van der Waals surface area contributed by atoms with Crippen molar-refractivity contribution in [1.29, 1.82) is 0 Å². The van der Waals surface area contributed by atoms with Crippen molar-refractivity contribution in [3.8, 4) is 33.9 Å². The predicted octanol–water partition coefficient (Wildman–Crippen LogP) is 3.89. The molecule has 0 saturated carbocycles. The number of aromatic nitrogens is 3. The lowest BCUT2D eigenvalue weighted by Crippen LogP contribution is -1.91. The van der Waals surface area contributed by atoms with Crippen LogP contribution in [-0.2, 0) is 0 Å². The van der Waals surface area contributed by atoms with Gasteiger partial charge in [-0.25, -0.2) is 9.97 Å². The Balaban J connectivity index is 1.86. The van der Waals surface area contributed by atoms with Crippen molar-refractivity contribution in [3.05, 3.63) is 55.0 Å². The summed E-state index contributed by atoms with van der Waals surface area (Å²) in [6, 6.07) is 11.6. The minimum Gasteiger partial charge on any atom is -0.497 e. The van der Waals surface area contributed by atoms with Crippen LogP contribution in [0.3, 0.4) is 0 Å². The van der Waals surface area contributed by atoms with Crippen LogP contribution in [0, 0.1) is 0 Å². The highest BCUT2D eigenvalue weighted by Crippen LogP contribution is 2.33. The van der Waals surface area contributed by atoms with E-state index < -0.39 is 0 Å². The monoisotopic (exact) mass is 346 g/mol. The van der Waals surface area contributed by atoms with E-state index >= 15 is 0 Å². The minimum absolute atomic E-state index is 0.571. The first-order valence-corrected chi connectivity index (χ1v) is 8.10. The number of methoxy groups -OCH3 is 2. The molecule has 26 heavy (non-hydrogen) atoms. The van der Waals surface area contributed by atoms with Gasteiger partial charge in [-0.15, -0.1) is 0 Å². The van der Waals surface area contributed by atoms with E-state index in [0.29, 0.717) is 17.3 Å². The topological polar surface area (TPSA) is 86.0 Å². The predicted molar refractivity (Wildman–Crippen MR) is 102 cm³/mol. The van der Waals surface area contributed by atoms with Crippen LogP contribution in [-0.4, -0.2) is 29.2 Å². The fourth-order valence-electron chi connectivity index (χ4n) is 3.00. The molecule has 3 aromatic heterocycles. The largest absolute Gasteiger partial charge is 0.497 e. The molecular formula is C20H18N4O2. The van der Waals surface area contributed by atoms with Gasteiger partial charge in [-0.1, -0.05) is 0 Å². The van der Waals surface area contributed by atoms with E-state index in [9.17, 15) is 0 Å². The van der Waals surface area contributed by atoms with Gasteiger partial charge in [0.25, 0.3) is 0 Å². The number of pyridine rings is 2. The molecule has 0 saturated heterocycles. The van der Waals surface area contributed by atoms with Crippen LogP contribution in [0.4, 0.5) is 5.69 Å². The Labute approximate surface area is 150 Å². The van der Waals surface area contributed by atoms with Crippen molar-refractivity contribution in [2.24, 2.45) is 0 Å². The number of H-pyrrole nitrogens is 1. The lowest BCUT2D eigenvalue weighted by Gasteiger charge is -2.08. The maximum absolute atomic E-state index is 5.99. The molecule has 4 rings (SSSR count). The number of nitrogen functional groups attached to an aromatic ring is 1. The fourth-order valence-corrected chi connectivity index (χ4v) is 3.00. The number of fused-ring (bicyclic) bond motifs is 1. The second kappa shape index (κ2) is 6.40.